The van der Waals surface area contributed by atoms with E-state index >= 15 is 0 Å². The van der Waals surface area contributed by atoms with Gasteiger partial charge in [0, 0.05) is 11.4 Å². The Balaban J connectivity index is 1.98. The largest absolute Gasteiger partial charge is 0.480 e. The van der Waals surface area contributed by atoms with Crippen molar-refractivity contribution >= 4 is 29.3 Å². The number of aromatic nitrogens is 1. The molecule has 0 radical (unpaired) electrons. The summed E-state index contributed by atoms with van der Waals surface area (Å²) in [5, 5.41) is 10.7. The van der Waals surface area contributed by atoms with Gasteiger partial charge in [0.25, 0.3) is 0 Å². The van der Waals surface area contributed by atoms with Crippen molar-refractivity contribution in [3.8, 4) is 0 Å². The SMILES string of the molecule is NC1(C(=O)O)CCC(Sc2ccc(Cl)cn2)C1. The van der Waals surface area contributed by atoms with E-state index in [-0.39, 0.29) is 5.25 Å². The normalized spacial score (nSPS) is 28.2. The summed E-state index contributed by atoms with van der Waals surface area (Å²) < 4.78 is 0. The Labute approximate surface area is 109 Å². The molecule has 1 heterocycles. The molecule has 1 aromatic heterocycles. The zero-order valence-electron chi connectivity index (χ0n) is 9.10. The molecule has 1 fully saturated rings. The van der Waals surface area contributed by atoms with Crippen LogP contribution in [0.5, 0.6) is 0 Å². The van der Waals surface area contributed by atoms with E-state index in [2.05, 4.69) is 4.98 Å². The third-order valence-electron chi connectivity index (χ3n) is 2.92. The molecule has 0 amide bonds. The maximum Gasteiger partial charge on any atom is 0.323 e. The van der Waals surface area contributed by atoms with Crippen LogP contribution in [0.2, 0.25) is 5.02 Å². The molecule has 1 aliphatic rings. The van der Waals surface area contributed by atoms with E-state index in [9.17, 15) is 4.79 Å². The zero-order chi connectivity index (χ0) is 12.5. The summed E-state index contributed by atoms with van der Waals surface area (Å²) in [6.07, 6.45) is 3.40. The number of carboxylic acid groups (broad SMARTS) is 1. The van der Waals surface area contributed by atoms with Gasteiger partial charge < -0.3 is 10.8 Å². The molecule has 1 aromatic rings. The number of rotatable bonds is 3. The first-order valence-corrected chi connectivity index (χ1v) is 6.56. The van der Waals surface area contributed by atoms with Crippen molar-refractivity contribution in [3.63, 3.8) is 0 Å². The first kappa shape index (κ1) is 12.7. The molecule has 3 N–H and O–H groups in total. The number of pyridine rings is 1. The van der Waals surface area contributed by atoms with E-state index in [1.54, 1.807) is 24.0 Å². The quantitative estimate of drug-likeness (QED) is 0.882. The lowest BCUT2D eigenvalue weighted by atomic mass is 10.0. The lowest BCUT2D eigenvalue weighted by Crippen LogP contribution is -2.45. The van der Waals surface area contributed by atoms with Gasteiger partial charge in [-0.3, -0.25) is 4.79 Å². The lowest BCUT2D eigenvalue weighted by Gasteiger charge is -2.17. The Morgan fingerprint density at radius 1 is 1.65 bits per heavy atom. The molecule has 2 unspecified atom stereocenters. The number of carboxylic acids is 1. The van der Waals surface area contributed by atoms with E-state index in [0.29, 0.717) is 17.9 Å². The maximum absolute atomic E-state index is 11.0. The molecule has 0 aromatic carbocycles. The van der Waals surface area contributed by atoms with Crippen LogP contribution in [0.1, 0.15) is 19.3 Å². The van der Waals surface area contributed by atoms with Crippen molar-refractivity contribution in [1.82, 2.24) is 4.98 Å². The summed E-state index contributed by atoms with van der Waals surface area (Å²) in [5.74, 6) is -0.912. The average molecular weight is 273 g/mol. The second-order valence-corrected chi connectivity index (χ2v) is 6.02. The van der Waals surface area contributed by atoms with Crippen molar-refractivity contribution in [2.75, 3.05) is 0 Å². The Morgan fingerprint density at radius 3 is 2.94 bits per heavy atom. The summed E-state index contributed by atoms with van der Waals surface area (Å²) in [5.41, 5.74) is 4.75. The number of hydrogen-bond donors (Lipinski definition) is 2. The van der Waals surface area contributed by atoms with E-state index in [1.807, 2.05) is 6.07 Å². The highest BCUT2D eigenvalue weighted by Crippen LogP contribution is 2.38. The molecule has 0 bridgehead atoms. The fourth-order valence-corrected chi connectivity index (χ4v) is 3.26. The van der Waals surface area contributed by atoms with Crippen molar-refractivity contribution in [2.24, 2.45) is 5.73 Å². The second-order valence-electron chi connectivity index (χ2n) is 4.26. The predicted octanol–water partition coefficient (Wildman–Crippen LogP) is 2.16. The van der Waals surface area contributed by atoms with Gasteiger partial charge >= 0.3 is 5.97 Å². The molecule has 2 atom stereocenters. The molecular weight excluding hydrogens is 260 g/mol. The average Bonchev–Trinajstić information content (AvgIpc) is 2.65. The van der Waals surface area contributed by atoms with Crippen molar-refractivity contribution in [3.05, 3.63) is 23.4 Å². The summed E-state index contributed by atoms with van der Waals surface area (Å²) in [4.78, 5) is 15.2. The summed E-state index contributed by atoms with van der Waals surface area (Å²) in [7, 11) is 0. The molecule has 0 spiro atoms. The van der Waals surface area contributed by atoms with Gasteiger partial charge in [-0.05, 0) is 31.4 Å². The Hall–Kier alpha value is -0.780. The molecule has 0 aliphatic heterocycles. The molecule has 92 valence electrons. The highest BCUT2D eigenvalue weighted by Gasteiger charge is 2.42. The third kappa shape index (κ3) is 2.91. The summed E-state index contributed by atoms with van der Waals surface area (Å²) in [6.45, 7) is 0. The molecular formula is C11H13ClN2O2S. The van der Waals surface area contributed by atoms with Crippen LogP contribution < -0.4 is 5.73 Å². The van der Waals surface area contributed by atoms with Crippen LogP contribution in [-0.4, -0.2) is 26.8 Å². The van der Waals surface area contributed by atoms with Crippen LogP contribution in [0.3, 0.4) is 0 Å². The predicted molar refractivity (Wildman–Crippen MR) is 67.3 cm³/mol. The number of nitrogens with two attached hydrogens (primary N) is 1. The first-order valence-electron chi connectivity index (χ1n) is 5.30. The monoisotopic (exact) mass is 272 g/mol. The molecule has 2 rings (SSSR count). The highest BCUT2D eigenvalue weighted by molar-refractivity contribution is 7.99. The van der Waals surface area contributed by atoms with Gasteiger partial charge in [-0.1, -0.05) is 11.6 Å². The number of aliphatic carboxylic acids is 1. The third-order valence-corrected chi connectivity index (χ3v) is 4.36. The van der Waals surface area contributed by atoms with Crippen LogP contribution >= 0.6 is 23.4 Å². The highest BCUT2D eigenvalue weighted by atomic mass is 35.5. The first-order chi connectivity index (χ1) is 7.99. The number of carbonyl (C=O) groups is 1. The van der Waals surface area contributed by atoms with Crippen LogP contribution in [0.15, 0.2) is 23.4 Å². The molecule has 0 saturated heterocycles. The fourth-order valence-electron chi connectivity index (χ4n) is 1.93. The Bertz CT molecular complexity index is 426. The van der Waals surface area contributed by atoms with E-state index in [4.69, 9.17) is 22.4 Å². The number of halogens is 1. The van der Waals surface area contributed by atoms with E-state index < -0.39 is 11.5 Å². The number of thioether (sulfide) groups is 1. The number of hydrogen-bond acceptors (Lipinski definition) is 4. The van der Waals surface area contributed by atoms with Gasteiger partial charge in [-0.15, -0.1) is 11.8 Å². The van der Waals surface area contributed by atoms with Crippen LogP contribution in [0, 0.1) is 0 Å². The zero-order valence-corrected chi connectivity index (χ0v) is 10.7. The van der Waals surface area contributed by atoms with Gasteiger partial charge in [0.15, 0.2) is 0 Å². The summed E-state index contributed by atoms with van der Waals surface area (Å²) in [6, 6.07) is 3.61. The van der Waals surface area contributed by atoms with Crippen molar-refractivity contribution in [2.45, 2.75) is 35.1 Å². The van der Waals surface area contributed by atoms with E-state index in [1.165, 1.54) is 0 Å². The second kappa shape index (κ2) is 4.84. The maximum atomic E-state index is 11.0. The topological polar surface area (TPSA) is 76.2 Å². The van der Waals surface area contributed by atoms with Crippen LogP contribution in [-0.2, 0) is 4.79 Å². The minimum atomic E-state index is -1.07. The Morgan fingerprint density at radius 2 is 2.41 bits per heavy atom. The van der Waals surface area contributed by atoms with Gasteiger partial charge in [-0.2, -0.15) is 0 Å². The molecule has 17 heavy (non-hydrogen) atoms. The molecule has 1 saturated carbocycles. The van der Waals surface area contributed by atoms with Crippen LogP contribution in [0.4, 0.5) is 0 Å². The molecule has 4 nitrogen and oxygen atoms in total. The number of nitrogens with zero attached hydrogens (tertiary/aromatic N) is 1. The molecule has 1 aliphatic carbocycles. The fraction of sp³-hybridized carbons (Fsp3) is 0.455. The lowest BCUT2D eigenvalue weighted by molar-refractivity contribution is -0.143. The van der Waals surface area contributed by atoms with Gasteiger partial charge in [0.2, 0.25) is 0 Å². The standard InChI is InChI=1S/C11H13ClN2O2S/c12-7-1-2-9(14-6-7)17-8-3-4-11(13,5-8)10(15)16/h1-2,6,8H,3-5,13H2,(H,15,16). The smallest absolute Gasteiger partial charge is 0.323 e. The molecule has 6 heteroatoms. The minimum Gasteiger partial charge on any atom is -0.480 e. The van der Waals surface area contributed by atoms with E-state index in [0.717, 1.165) is 11.4 Å². The van der Waals surface area contributed by atoms with Gasteiger partial charge in [0.1, 0.15) is 5.54 Å². The Kier molecular flexibility index (Phi) is 3.61. The van der Waals surface area contributed by atoms with Crippen LogP contribution in [0.25, 0.3) is 0 Å². The van der Waals surface area contributed by atoms with Crippen molar-refractivity contribution < 1.29 is 9.90 Å². The van der Waals surface area contributed by atoms with Crippen molar-refractivity contribution in [1.29, 1.82) is 0 Å². The summed E-state index contributed by atoms with van der Waals surface area (Å²) >= 11 is 7.31. The van der Waals surface area contributed by atoms with Gasteiger partial charge in [0.05, 0.1) is 10.0 Å². The minimum absolute atomic E-state index is 0.213. The van der Waals surface area contributed by atoms with Gasteiger partial charge in [-0.25, -0.2) is 4.98 Å².